The monoisotopic (exact) mass is 269 g/mol. The Morgan fingerprint density at radius 2 is 1.68 bits per heavy atom. The van der Waals surface area contributed by atoms with Crippen LogP contribution in [0.25, 0.3) is 0 Å². The summed E-state index contributed by atoms with van der Waals surface area (Å²) in [5.41, 5.74) is 6.96. The van der Waals surface area contributed by atoms with Gasteiger partial charge in [0.25, 0.3) is 0 Å². The van der Waals surface area contributed by atoms with Crippen LogP contribution in [0.2, 0.25) is 0 Å². The van der Waals surface area contributed by atoms with Gasteiger partial charge >= 0.3 is 0 Å². The summed E-state index contributed by atoms with van der Waals surface area (Å²) >= 11 is 1.79. The number of aryl methyl sites for hydroxylation is 2. The van der Waals surface area contributed by atoms with Gasteiger partial charge in [0.05, 0.1) is 6.04 Å². The lowest BCUT2D eigenvalue weighted by Crippen LogP contribution is -2.05. The van der Waals surface area contributed by atoms with Gasteiger partial charge in [-0.05, 0) is 60.9 Å². The maximum atomic E-state index is 3.69. The second-order valence-electron chi connectivity index (χ2n) is 5.23. The molecule has 2 aromatic rings. The van der Waals surface area contributed by atoms with Gasteiger partial charge in [-0.15, -0.1) is 11.8 Å². The molecule has 0 aliphatic carbocycles. The summed E-state index contributed by atoms with van der Waals surface area (Å²) in [5, 5.41) is 3.69. The van der Waals surface area contributed by atoms with Crippen LogP contribution in [0, 0.1) is 13.8 Å². The molecule has 1 atom stereocenters. The number of thioether (sulfide) groups is 1. The van der Waals surface area contributed by atoms with Crippen LogP contribution in [0.4, 0.5) is 5.69 Å². The van der Waals surface area contributed by atoms with Gasteiger partial charge in [-0.3, -0.25) is 0 Å². The fourth-order valence-electron chi connectivity index (χ4n) is 2.80. The molecule has 2 aromatic carbocycles. The number of nitrogens with one attached hydrogen (secondary N) is 1. The van der Waals surface area contributed by atoms with Gasteiger partial charge in [-0.2, -0.15) is 0 Å². The van der Waals surface area contributed by atoms with Crippen molar-refractivity contribution in [3.63, 3.8) is 0 Å². The van der Waals surface area contributed by atoms with E-state index in [1.54, 1.807) is 11.8 Å². The molecule has 2 heteroatoms. The van der Waals surface area contributed by atoms with E-state index in [1.807, 2.05) is 0 Å². The third-order valence-corrected chi connectivity index (χ3v) is 4.74. The zero-order valence-electron chi connectivity index (χ0n) is 11.7. The Hall–Kier alpha value is -1.41. The van der Waals surface area contributed by atoms with E-state index < -0.39 is 0 Å². The van der Waals surface area contributed by atoms with Crippen molar-refractivity contribution in [3.05, 3.63) is 58.7 Å². The number of fused-ring (bicyclic) bond motifs is 1. The molecule has 0 spiro atoms. The molecule has 0 aromatic heterocycles. The zero-order valence-corrected chi connectivity index (χ0v) is 12.5. The first-order valence-corrected chi connectivity index (χ1v) is 7.91. The van der Waals surface area contributed by atoms with Crippen LogP contribution in [0.5, 0.6) is 0 Å². The SMILES string of the molecule is CSc1ccc(C2Cc3c(C)ccc(C)c3N2)cc1. The Bertz CT molecular complexity index is 570. The molecule has 1 unspecified atom stereocenters. The van der Waals surface area contributed by atoms with Crippen LogP contribution in [-0.2, 0) is 6.42 Å². The van der Waals surface area contributed by atoms with Crippen LogP contribution in [0.15, 0.2) is 41.3 Å². The highest BCUT2D eigenvalue weighted by molar-refractivity contribution is 7.98. The molecule has 1 nitrogen and oxygen atoms in total. The summed E-state index contributed by atoms with van der Waals surface area (Å²) in [4.78, 5) is 1.33. The molecule has 19 heavy (non-hydrogen) atoms. The van der Waals surface area contributed by atoms with Crippen molar-refractivity contribution in [2.24, 2.45) is 0 Å². The van der Waals surface area contributed by atoms with Gasteiger partial charge in [0.15, 0.2) is 0 Å². The van der Waals surface area contributed by atoms with Crippen LogP contribution in [0.3, 0.4) is 0 Å². The Morgan fingerprint density at radius 3 is 2.32 bits per heavy atom. The minimum Gasteiger partial charge on any atom is -0.377 e. The summed E-state index contributed by atoms with van der Waals surface area (Å²) in [5.74, 6) is 0. The third kappa shape index (κ3) is 2.25. The molecule has 1 N–H and O–H groups in total. The maximum Gasteiger partial charge on any atom is 0.0555 e. The number of anilines is 1. The number of hydrogen-bond acceptors (Lipinski definition) is 2. The summed E-state index contributed by atoms with van der Waals surface area (Å²) in [6, 6.07) is 13.8. The van der Waals surface area contributed by atoms with Gasteiger partial charge in [0.1, 0.15) is 0 Å². The molecule has 0 radical (unpaired) electrons. The van der Waals surface area contributed by atoms with E-state index >= 15 is 0 Å². The minimum absolute atomic E-state index is 0.422. The van der Waals surface area contributed by atoms with Gasteiger partial charge < -0.3 is 5.32 Å². The molecule has 1 aliphatic rings. The Morgan fingerprint density at radius 1 is 1.00 bits per heavy atom. The second-order valence-corrected chi connectivity index (χ2v) is 6.11. The Balaban J connectivity index is 1.90. The Labute approximate surface area is 119 Å². The van der Waals surface area contributed by atoms with Crippen molar-refractivity contribution >= 4 is 17.4 Å². The van der Waals surface area contributed by atoms with Crippen molar-refractivity contribution in [1.29, 1.82) is 0 Å². The van der Waals surface area contributed by atoms with Gasteiger partial charge in [0, 0.05) is 10.6 Å². The predicted molar refractivity (Wildman–Crippen MR) is 84.2 cm³/mol. The van der Waals surface area contributed by atoms with Crippen LogP contribution in [0.1, 0.15) is 28.3 Å². The van der Waals surface area contributed by atoms with Crippen molar-refractivity contribution in [2.75, 3.05) is 11.6 Å². The summed E-state index contributed by atoms with van der Waals surface area (Å²) < 4.78 is 0. The molecule has 0 amide bonds. The first-order valence-electron chi connectivity index (χ1n) is 6.68. The molecule has 1 heterocycles. The predicted octanol–water partition coefficient (Wildman–Crippen LogP) is 4.73. The fraction of sp³-hybridized carbons (Fsp3) is 0.294. The van der Waals surface area contributed by atoms with E-state index in [-0.39, 0.29) is 0 Å². The summed E-state index contributed by atoms with van der Waals surface area (Å²) in [7, 11) is 0. The van der Waals surface area contributed by atoms with Crippen LogP contribution < -0.4 is 5.32 Å². The summed E-state index contributed by atoms with van der Waals surface area (Å²) in [6.07, 6.45) is 3.22. The van der Waals surface area contributed by atoms with E-state index in [9.17, 15) is 0 Å². The molecule has 0 saturated carbocycles. The lowest BCUT2D eigenvalue weighted by Gasteiger charge is -2.12. The number of benzene rings is 2. The highest BCUT2D eigenvalue weighted by atomic mass is 32.2. The molecular weight excluding hydrogens is 250 g/mol. The zero-order chi connectivity index (χ0) is 13.4. The number of hydrogen-bond donors (Lipinski definition) is 1. The molecule has 0 fully saturated rings. The van der Waals surface area contributed by atoms with E-state index in [4.69, 9.17) is 0 Å². The van der Waals surface area contributed by atoms with Crippen molar-refractivity contribution in [1.82, 2.24) is 0 Å². The fourth-order valence-corrected chi connectivity index (χ4v) is 3.21. The lowest BCUT2D eigenvalue weighted by molar-refractivity contribution is 0.820. The van der Waals surface area contributed by atoms with Crippen molar-refractivity contribution in [3.8, 4) is 0 Å². The molecule has 1 aliphatic heterocycles. The summed E-state index contributed by atoms with van der Waals surface area (Å²) in [6.45, 7) is 4.39. The lowest BCUT2D eigenvalue weighted by atomic mass is 9.99. The first-order chi connectivity index (χ1) is 9.19. The van der Waals surface area contributed by atoms with Crippen LogP contribution >= 0.6 is 11.8 Å². The van der Waals surface area contributed by atoms with Gasteiger partial charge in [0.2, 0.25) is 0 Å². The molecule has 0 saturated heterocycles. The van der Waals surface area contributed by atoms with Crippen molar-refractivity contribution < 1.29 is 0 Å². The number of rotatable bonds is 2. The van der Waals surface area contributed by atoms with Crippen LogP contribution in [-0.4, -0.2) is 6.26 Å². The average molecular weight is 269 g/mol. The standard InChI is InChI=1S/C17H19NS/c1-11-4-5-12(2)17-15(11)10-16(18-17)13-6-8-14(19-3)9-7-13/h4-9,16,18H,10H2,1-3H3. The topological polar surface area (TPSA) is 12.0 Å². The minimum atomic E-state index is 0.422. The first kappa shape index (κ1) is 12.6. The van der Waals surface area contributed by atoms with E-state index in [0.29, 0.717) is 6.04 Å². The molecule has 3 rings (SSSR count). The van der Waals surface area contributed by atoms with Gasteiger partial charge in [-0.25, -0.2) is 0 Å². The second kappa shape index (κ2) is 4.93. The average Bonchev–Trinajstić information content (AvgIpc) is 2.89. The van der Waals surface area contributed by atoms with Gasteiger partial charge in [-0.1, -0.05) is 24.3 Å². The Kier molecular flexibility index (Phi) is 3.28. The molecule has 0 bridgehead atoms. The highest BCUT2D eigenvalue weighted by Crippen LogP contribution is 2.38. The van der Waals surface area contributed by atoms with E-state index in [1.165, 1.54) is 32.8 Å². The third-order valence-electron chi connectivity index (χ3n) is 4.00. The van der Waals surface area contributed by atoms with E-state index in [0.717, 1.165) is 6.42 Å². The molecular formula is C17H19NS. The maximum absolute atomic E-state index is 3.69. The van der Waals surface area contributed by atoms with Crippen molar-refractivity contribution in [2.45, 2.75) is 31.2 Å². The highest BCUT2D eigenvalue weighted by Gasteiger charge is 2.24. The van der Waals surface area contributed by atoms with E-state index in [2.05, 4.69) is 61.8 Å². The largest absolute Gasteiger partial charge is 0.377 e. The smallest absolute Gasteiger partial charge is 0.0555 e. The normalized spacial score (nSPS) is 17.1. The molecule has 98 valence electrons. The quantitative estimate of drug-likeness (QED) is 0.791.